The van der Waals surface area contributed by atoms with E-state index in [4.69, 9.17) is 14.2 Å². The molecule has 2 aliphatic rings. The van der Waals surface area contributed by atoms with E-state index in [0.29, 0.717) is 30.2 Å². The maximum atomic E-state index is 12.7. The van der Waals surface area contributed by atoms with Crippen LogP contribution in [0, 0.1) is 5.92 Å². The Hall–Kier alpha value is -2.77. The number of nitrogens with one attached hydrogen (secondary N) is 1. The Labute approximate surface area is 164 Å². The third-order valence-electron chi connectivity index (χ3n) is 5.10. The van der Waals surface area contributed by atoms with Crippen molar-refractivity contribution >= 4 is 17.8 Å². The predicted molar refractivity (Wildman–Crippen MR) is 100 cm³/mol. The largest absolute Gasteiger partial charge is 0.493 e. The first-order valence-corrected chi connectivity index (χ1v) is 9.43. The second kappa shape index (κ2) is 8.08. The van der Waals surface area contributed by atoms with Crippen molar-refractivity contribution in [3.8, 4) is 11.5 Å². The Morgan fingerprint density at radius 3 is 2.68 bits per heavy atom. The van der Waals surface area contributed by atoms with Crippen molar-refractivity contribution in [2.24, 2.45) is 5.92 Å². The van der Waals surface area contributed by atoms with Gasteiger partial charge in [0.05, 0.1) is 14.2 Å². The van der Waals surface area contributed by atoms with Gasteiger partial charge in [-0.05, 0) is 30.9 Å². The molecule has 3 rings (SSSR count). The predicted octanol–water partition coefficient (Wildman–Crippen LogP) is 2.03. The van der Waals surface area contributed by atoms with Crippen LogP contribution in [0.4, 0.5) is 0 Å². The minimum absolute atomic E-state index is 0.218. The number of hydrogen-bond acceptors (Lipinski definition) is 6. The first kappa shape index (κ1) is 20.0. The molecule has 1 fully saturated rings. The maximum Gasteiger partial charge on any atom is 0.344 e. The third kappa shape index (κ3) is 3.50. The standard InChI is InChI=1S/C20H26N2O6/c1-11(2)9-10-21-18(24)13-6-8-15(23)22(13)19-12-5-7-14(26-3)17(27-4)16(12)20(25)28-19/h5,7,11,13,19H,6,8-10H2,1-4H3,(H,21,24)/t13-,19-/m0/s1. The highest BCUT2D eigenvalue weighted by molar-refractivity contribution is 5.99. The number of nitrogens with zero attached hydrogens (tertiary/aromatic N) is 1. The number of fused-ring (bicyclic) bond motifs is 1. The average molecular weight is 390 g/mol. The fraction of sp³-hybridized carbons (Fsp3) is 0.550. The van der Waals surface area contributed by atoms with Gasteiger partial charge in [0.15, 0.2) is 11.5 Å². The van der Waals surface area contributed by atoms with Crippen LogP contribution in [0.3, 0.4) is 0 Å². The molecule has 28 heavy (non-hydrogen) atoms. The highest BCUT2D eigenvalue weighted by atomic mass is 16.6. The molecule has 2 heterocycles. The van der Waals surface area contributed by atoms with Crippen LogP contribution in [-0.2, 0) is 14.3 Å². The van der Waals surface area contributed by atoms with E-state index in [-0.39, 0.29) is 29.5 Å². The Bertz CT molecular complexity index is 791. The van der Waals surface area contributed by atoms with Gasteiger partial charge in [0.1, 0.15) is 11.6 Å². The van der Waals surface area contributed by atoms with E-state index < -0.39 is 18.2 Å². The van der Waals surface area contributed by atoms with Gasteiger partial charge >= 0.3 is 5.97 Å². The van der Waals surface area contributed by atoms with Crippen LogP contribution in [0.2, 0.25) is 0 Å². The third-order valence-corrected chi connectivity index (χ3v) is 5.10. The van der Waals surface area contributed by atoms with Crippen molar-refractivity contribution < 1.29 is 28.6 Å². The van der Waals surface area contributed by atoms with Gasteiger partial charge in [-0.15, -0.1) is 0 Å². The van der Waals surface area contributed by atoms with Crippen molar-refractivity contribution in [3.05, 3.63) is 23.3 Å². The fourth-order valence-corrected chi connectivity index (χ4v) is 3.64. The molecule has 2 aliphatic heterocycles. The van der Waals surface area contributed by atoms with Gasteiger partial charge in [-0.2, -0.15) is 0 Å². The number of rotatable bonds is 7. The monoisotopic (exact) mass is 390 g/mol. The molecule has 1 saturated heterocycles. The van der Waals surface area contributed by atoms with Crippen LogP contribution in [0.15, 0.2) is 12.1 Å². The Morgan fingerprint density at radius 1 is 1.29 bits per heavy atom. The van der Waals surface area contributed by atoms with Crippen molar-refractivity contribution in [2.75, 3.05) is 20.8 Å². The molecular formula is C20H26N2O6. The zero-order chi connectivity index (χ0) is 20.4. The topological polar surface area (TPSA) is 94.2 Å². The fourth-order valence-electron chi connectivity index (χ4n) is 3.64. The molecule has 2 atom stereocenters. The van der Waals surface area contributed by atoms with Gasteiger partial charge in [0.25, 0.3) is 0 Å². The van der Waals surface area contributed by atoms with Gasteiger partial charge in [-0.1, -0.05) is 13.8 Å². The Morgan fingerprint density at radius 2 is 2.04 bits per heavy atom. The highest BCUT2D eigenvalue weighted by Gasteiger charge is 2.47. The first-order valence-electron chi connectivity index (χ1n) is 9.43. The number of ether oxygens (including phenoxy) is 3. The molecule has 0 aromatic heterocycles. The molecule has 0 saturated carbocycles. The number of carbonyl (C=O) groups is 3. The summed E-state index contributed by atoms with van der Waals surface area (Å²) in [6.45, 7) is 4.70. The molecule has 152 valence electrons. The Balaban J connectivity index is 1.88. The summed E-state index contributed by atoms with van der Waals surface area (Å²) in [4.78, 5) is 39.1. The normalized spacial score (nSPS) is 21.0. The summed E-state index contributed by atoms with van der Waals surface area (Å²) in [6, 6.07) is 2.66. The zero-order valence-corrected chi connectivity index (χ0v) is 16.6. The second-order valence-electron chi connectivity index (χ2n) is 7.35. The van der Waals surface area contributed by atoms with Gasteiger partial charge in [0.2, 0.25) is 18.0 Å². The van der Waals surface area contributed by atoms with E-state index in [0.717, 1.165) is 6.42 Å². The van der Waals surface area contributed by atoms with E-state index in [1.54, 1.807) is 12.1 Å². The Kier molecular flexibility index (Phi) is 5.76. The number of amides is 2. The summed E-state index contributed by atoms with van der Waals surface area (Å²) in [7, 11) is 2.91. The summed E-state index contributed by atoms with van der Waals surface area (Å²) >= 11 is 0. The number of hydrogen-bond donors (Lipinski definition) is 1. The minimum Gasteiger partial charge on any atom is -0.493 e. The molecule has 0 aliphatic carbocycles. The molecular weight excluding hydrogens is 364 g/mol. The lowest BCUT2D eigenvalue weighted by Crippen LogP contribution is -2.46. The lowest BCUT2D eigenvalue weighted by Gasteiger charge is -2.29. The van der Waals surface area contributed by atoms with Crippen molar-refractivity contribution in [2.45, 2.75) is 45.4 Å². The number of methoxy groups -OCH3 is 2. The van der Waals surface area contributed by atoms with Crippen molar-refractivity contribution in [3.63, 3.8) is 0 Å². The lowest BCUT2D eigenvalue weighted by atomic mass is 10.0. The van der Waals surface area contributed by atoms with Crippen LogP contribution >= 0.6 is 0 Å². The van der Waals surface area contributed by atoms with Gasteiger partial charge in [0, 0.05) is 18.5 Å². The van der Waals surface area contributed by atoms with E-state index in [9.17, 15) is 14.4 Å². The molecule has 2 amide bonds. The average Bonchev–Trinajstić information content (AvgIpc) is 3.20. The van der Waals surface area contributed by atoms with E-state index in [1.807, 2.05) is 0 Å². The van der Waals surface area contributed by atoms with E-state index in [1.165, 1.54) is 19.1 Å². The van der Waals surface area contributed by atoms with Crippen LogP contribution < -0.4 is 14.8 Å². The van der Waals surface area contributed by atoms with Gasteiger partial charge in [-0.3, -0.25) is 14.5 Å². The second-order valence-corrected chi connectivity index (χ2v) is 7.35. The maximum absolute atomic E-state index is 12.7. The lowest BCUT2D eigenvalue weighted by molar-refractivity contribution is -0.145. The summed E-state index contributed by atoms with van der Waals surface area (Å²) in [5, 5.41) is 2.89. The van der Waals surface area contributed by atoms with Gasteiger partial charge in [-0.25, -0.2) is 4.79 Å². The molecule has 0 bridgehead atoms. The van der Waals surface area contributed by atoms with Crippen molar-refractivity contribution in [1.82, 2.24) is 10.2 Å². The SMILES string of the molecule is COc1ccc2c(c1OC)C(=O)O[C@@H]2N1C(=O)CC[C@H]1C(=O)NCCC(C)C. The van der Waals surface area contributed by atoms with Crippen LogP contribution in [0.25, 0.3) is 0 Å². The molecule has 1 aromatic rings. The smallest absolute Gasteiger partial charge is 0.344 e. The van der Waals surface area contributed by atoms with Crippen LogP contribution in [-0.4, -0.2) is 49.5 Å². The molecule has 8 nitrogen and oxygen atoms in total. The molecule has 1 N–H and O–H groups in total. The van der Waals surface area contributed by atoms with Gasteiger partial charge < -0.3 is 19.5 Å². The van der Waals surface area contributed by atoms with Crippen LogP contribution in [0.5, 0.6) is 11.5 Å². The highest BCUT2D eigenvalue weighted by Crippen LogP contribution is 2.45. The quantitative estimate of drug-likeness (QED) is 0.716. The van der Waals surface area contributed by atoms with Crippen LogP contribution in [0.1, 0.15) is 55.3 Å². The number of benzene rings is 1. The molecule has 0 unspecified atom stereocenters. The summed E-state index contributed by atoms with van der Waals surface area (Å²) in [6.07, 6.45) is 0.533. The summed E-state index contributed by atoms with van der Waals surface area (Å²) in [5.74, 6) is 0.0775. The number of carbonyl (C=O) groups excluding carboxylic acids is 3. The van der Waals surface area contributed by atoms with Crippen molar-refractivity contribution in [1.29, 1.82) is 0 Å². The molecule has 0 radical (unpaired) electrons. The molecule has 1 aromatic carbocycles. The summed E-state index contributed by atoms with van der Waals surface area (Å²) < 4.78 is 16.1. The molecule has 8 heteroatoms. The zero-order valence-electron chi connectivity index (χ0n) is 16.6. The van der Waals surface area contributed by atoms with E-state index in [2.05, 4.69) is 19.2 Å². The first-order chi connectivity index (χ1) is 13.4. The number of likely N-dealkylation sites (tertiary alicyclic amines) is 1. The minimum atomic E-state index is -0.946. The molecule has 0 spiro atoms. The van der Waals surface area contributed by atoms with E-state index >= 15 is 0 Å². The number of cyclic esters (lactones) is 1. The summed E-state index contributed by atoms with van der Waals surface area (Å²) in [5.41, 5.74) is 0.725. The number of esters is 1.